The van der Waals surface area contributed by atoms with Gasteiger partial charge in [0, 0.05) is 12.5 Å². The fraction of sp³-hybridized carbons (Fsp3) is 0.667. The largest absolute Gasteiger partial charge is 0.355 e. The van der Waals surface area contributed by atoms with Crippen LogP contribution in [0.15, 0.2) is 34.9 Å². The predicted octanol–water partition coefficient (Wildman–Crippen LogP) is 4.83. The Bertz CT molecular complexity index is 641. The van der Waals surface area contributed by atoms with Gasteiger partial charge in [-0.3, -0.25) is 9.35 Å². The van der Waals surface area contributed by atoms with Gasteiger partial charge in [0.1, 0.15) is 0 Å². The first kappa shape index (κ1) is 25.6. The van der Waals surface area contributed by atoms with Crippen molar-refractivity contribution in [2.75, 3.05) is 12.3 Å². The standard InChI is InChI=1S/C21H37NO4S/c1-17(2)9-6-10-18(3)11-7-12-19(4)13-8-14-20(5)21(23)22-15-16-27(24,25)26/h9,11,13,20H,6-8,10,12,14-16H2,1-5H3,(H,22,23)(H,24,25,26)/b18-11+,19-13+. The van der Waals surface area contributed by atoms with Crippen LogP contribution in [0.25, 0.3) is 0 Å². The Balaban J connectivity index is 4.06. The number of hydrogen-bond donors (Lipinski definition) is 2. The highest BCUT2D eigenvalue weighted by Gasteiger charge is 2.12. The first-order valence-corrected chi connectivity index (χ1v) is 11.3. The van der Waals surface area contributed by atoms with Gasteiger partial charge in [0.25, 0.3) is 10.1 Å². The molecule has 156 valence electrons. The zero-order valence-electron chi connectivity index (χ0n) is 17.5. The van der Waals surface area contributed by atoms with Gasteiger partial charge in [-0.1, -0.05) is 41.9 Å². The van der Waals surface area contributed by atoms with Crippen molar-refractivity contribution in [3.05, 3.63) is 34.9 Å². The second kappa shape index (κ2) is 13.7. The van der Waals surface area contributed by atoms with Gasteiger partial charge in [-0.05, 0) is 66.2 Å². The first-order valence-electron chi connectivity index (χ1n) is 9.68. The Morgan fingerprint density at radius 2 is 1.48 bits per heavy atom. The van der Waals surface area contributed by atoms with E-state index < -0.39 is 15.9 Å². The molecule has 5 nitrogen and oxygen atoms in total. The molecule has 0 aromatic carbocycles. The Kier molecular flexibility index (Phi) is 13.0. The van der Waals surface area contributed by atoms with Crippen LogP contribution < -0.4 is 5.32 Å². The molecule has 0 heterocycles. The molecule has 0 radical (unpaired) electrons. The Morgan fingerprint density at radius 3 is 2.00 bits per heavy atom. The molecule has 0 rings (SSSR count). The van der Waals surface area contributed by atoms with Crippen molar-refractivity contribution in [3.63, 3.8) is 0 Å². The minimum Gasteiger partial charge on any atom is -0.355 e. The van der Waals surface area contributed by atoms with E-state index in [1.807, 2.05) is 6.92 Å². The molecular weight excluding hydrogens is 362 g/mol. The fourth-order valence-corrected chi connectivity index (χ4v) is 2.89. The summed E-state index contributed by atoms with van der Waals surface area (Å²) in [6.45, 7) is 10.3. The van der Waals surface area contributed by atoms with E-state index in [0.717, 1.165) is 32.1 Å². The molecule has 0 aliphatic heterocycles. The van der Waals surface area contributed by atoms with Crippen LogP contribution in [0, 0.1) is 5.92 Å². The number of hydrogen-bond acceptors (Lipinski definition) is 3. The van der Waals surface area contributed by atoms with Crippen molar-refractivity contribution < 1.29 is 17.8 Å². The first-order chi connectivity index (χ1) is 12.5. The van der Waals surface area contributed by atoms with Crippen LogP contribution in [0.3, 0.4) is 0 Å². The third-order valence-electron chi connectivity index (χ3n) is 4.32. The lowest BCUT2D eigenvalue weighted by atomic mass is 10.0. The Morgan fingerprint density at radius 1 is 0.963 bits per heavy atom. The summed E-state index contributed by atoms with van der Waals surface area (Å²) in [5, 5.41) is 2.54. The highest BCUT2D eigenvalue weighted by molar-refractivity contribution is 7.85. The SMILES string of the molecule is CC(C)=CCC/C(C)=C/CC/C(C)=C/CCC(C)C(=O)NCCS(=O)(=O)O. The molecule has 27 heavy (non-hydrogen) atoms. The summed E-state index contributed by atoms with van der Waals surface area (Å²) in [5.74, 6) is -0.821. The lowest BCUT2D eigenvalue weighted by molar-refractivity contribution is -0.124. The maximum Gasteiger partial charge on any atom is 0.266 e. The third-order valence-corrected chi connectivity index (χ3v) is 5.04. The van der Waals surface area contributed by atoms with Crippen molar-refractivity contribution in [1.82, 2.24) is 5.32 Å². The summed E-state index contributed by atoms with van der Waals surface area (Å²) in [4.78, 5) is 11.9. The van der Waals surface area contributed by atoms with E-state index in [2.05, 4.69) is 51.2 Å². The molecule has 0 spiro atoms. The lowest BCUT2D eigenvalue weighted by Gasteiger charge is -2.10. The molecule has 0 aromatic heterocycles. The minimum absolute atomic E-state index is 0.0593. The summed E-state index contributed by atoms with van der Waals surface area (Å²) < 4.78 is 29.9. The molecule has 1 atom stereocenters. The average molecular weight is 400 g/mol. The van der Waals surface area contributed by atoms with Gasteiger partial charge in [0.05, 0.1) is 5.75 Å². The highest BCUT2D eigenvalue weighted by atomic mass is 32.2. The second-order valence-electron chi connectivity index (χ2n) is 7.52. The van der Waals surface area contributed by atoms with E-state index in [1.54, 1.807) is 0 Å². The quantitative estimate of drug-likeness (QED) is 0.343. The van der Waals surface area contributed by atoms with Gasteiger partial charge < -0.3 is 5.32 Å². The van der Waals surface area contributed by atoms with Gasteiger partial charge in [0.15, 0.2) is 0 Å². The highest BCUT2D eigenvalue weighted by Crippen LogP contribution is 2.13. The number of allylic oxidation sites excluding steroid dienone is 6. The molecular formula is C21H37NO4S. The third kappa shape index (κ3) is 16.5. The smallest absolute Gasteiger partial charge is 0.266 e. The Hall–Kier alpha value is -1.40. The number of nitrogens with one attached hydrogen (secondary N) is 1. The second-order valence-corrected chi connectivity index (χ2v) is 9.09. The van der Waals surface area contributed by atoms with Crippen LogP contribution in [-0.4, -0.2) is 31.2 Å². The van der Waals surface area contributed by atoms with Crippen molar-refractivity contribution >= 4 is 16.0 Å². The van der Waals surface area contributed by atoms with Gasteiger partial charge >= 0.3 is 0 Å². The summed E-state index contributed by atoms with van der Waals surface area (Å²) in [5.41, 5.74) is 4.11. The van der Waals surface area contributed by atoms with Crippen LogP contribution in [-0.2, 0) is 14.9 Å². The van der Waals surface area contributed by atoms with E-state index in [4.69, 9.17) is 4.55 Å². The number of carbonyl (C=O) groups is 1. The molecule has 0 saturated heterocycles. The van der Waals surface area contributed by atoms with Crippen molar-refractivity contribution in [3.8, 4) is 0 Å². The number of carbonyl (C=O) groups excluding carboxylic acids is 1. The molecule has 0 aromatic rings. The minimum atomic E-state index is -4.03. The number of amides is 1. The van der Waals surface area contributed by atoms with E-state index in [9.17, 15) is 13.2 Å². The molecule has 2 N–H and O–H groups in total. The van der Waals surface area contributed by atoms with Crippen LogP contribution >= 0.6 is 0 Å². The van der Waals surface area contributed by atoms with Crippen molar-refractivity contribution in [2.24, 2.45) is 5.92 Å². The lowest BCUT2D eigenvalue weighted by Crippen LogP contribution is -2.33. The van der Waals surface area contributed by atoms with Crippen molar-refractivity contribution in [1.29, 1.82) is 0 Å². The summed E-state index contributed by atoms with van der Waals surface area (Å²) in [7, 11) is -4.03. The predicted molar refractivity (Wildman–Crippen MR) is 113 cm³/mol. The van der Waals surface area contributed by atoms with Crippen LogP contribution in [0.5, 0.6) is 0 Å². The van der Waals surface area contributed by atoms with Crippen LogP contribution in [0.2, 0.25) is 0 Å². The van der Waals surface area contributed by atoms with E-state index in [0.29, 0.717) is 6.42 Å². The molecule has 0 saturated carbocycles. The zero-order valence-corrected chi connectivity index (χ0v) is 18.4. The van der Waals surface area contributed by atoms with Gasteiger partial charge in [-0.2, -0.15) is 8.42 Å². The van der Waals surface area contributed by atoms with E-state index >= 15 is 0 Å². The molecule has 0 fully saturated rings. The molecule has 1 amide bonds. The number of rotatable bonds is 13. The summed E-state index contributed by atoms with van der Waals surface area (Å²) in [6.07, 6.45) is 12.6. The van der Waals surface area contributed by atoms with E-state index in [-0.39, 0.29) is 18.4 Å². The van der Waals surface area contributed by atoms with Crippen LogP contribution in [0.4, 0.5) is 0 Å². The Labute approximate surface area is 165 Å². The molecule has 0 aliphatic rings. The molecule has 1 unspecified atom stereocenters. The van der Waals surface area contributed by atoms with E-state index in [1.165, 1.54) is 16.7 Å². The van der Waals surface area contributed by atoms with Gasteiger partial charge in [-0.15, -0.1) is 0 Å². The maximum absolute atomic E-state index is 11.9. The molecule has 0 bridgehead atoms. The van der Waals surface area contributed by atoms with Crippen molar-refractivity contribution in [2.45, 2.75) is 73.1 Å². The van der Waals surface area contributed by atoms with Gasteiger partial charge in [0.2, 0.25) is 5.91 Å². The molecule has 6 heteroatoms. The summed E-state index contributed by atoms with van der Waals surface area (Å²) >= 11 is 0. The fourth-order valence-electron chi connectivity index (χ4n) is 2.53. The summed E-state index contributed by atoms with van der Waals surface area (Å²) in [6, 6.07) is 0. The normalized spacial score (nSPS) is 14.0. The maximum atomic E-state index is 11.9. The topological polar surface area (TPSA) is 83.5 Å². The molecule has 0 aliphatic carbocycles. The van der Waals surface area contributed by atoms with Crippen LogP contribution in [0.1, 0.15) is 73.1 Å². The van der Waals surface area contributed by atoms with Gasteiger partial charge in [-0.25, -0.2) is 0 Å². The monoisotopic (exact) mass is 399 g/mol. The zero-order chi connectivity index (χ0) is 20.9. The average Bonchev–Trinajstić information content (AvgIpc) is 2.53.